The van der Waals surface area contributed by atoms with Crippen molar-refractivity contribution in [3.8, 4) is 0 Å². The molecule has 2 N–H and O–H groups in total. The molecule has 1 radical (unpaired) electrons. The molecule has 0 heterocycles. The van der Waals surface area contributed by atoms with Gasteiger partial charge in [-0.15, -0.1) is 12.6 Å². The number of aliphatic hydroxyl groups is 2. The predicted molar refractivity (Wildman–Crippen MR) is 47.3 cm³/mol. The van der Waals surface area contributed by atoms with Crippen LogP contribution in [0.4, 0.5) is 0 Å². The van der Waals surface area contributed by atoms with Crippen LogP contribution in [0.1, 0.15) is 0 Å². The van der Waals surface area contributed by atoms with E-state index >= 15 is 0 Å². The molecule has 0 atom stereocenters. The molecule has 0 aliphatic heterocycles. The summed E-state index contributed by atoms with van der Waals surface area (Å²) in [6, 6.07) is 0. The maximum atomic E-state index is 8.50. The Labute approximate surface area is 87.7 Å². The van der Waals surface area contributed by atoms with E-state index in [4.69, 9.17) is 22.4 Å². The maximum absolute atomic E-state index is 8.50. The van der Waals surface area contributed by atoms with Gasteiger partial charge in [-0.1, -0.05) is 12.2 Å². The summed E-state index contributed by atoms with van der Waals surface area (Å²) in [6.45, 7) is 0.924. The van der Waals surface area contributed by atoms with Gasteiger partial charge in [0.05, 0.1) is 13.2 Å². The average molecular weight is 237 g/mol. The number of hydrogen-bond donors (Lipinski definition) is 3. The first-order chi connectivity index (χ1) is 4.72. The zero-order valence-electron chi connectivity index (χ0n) is 5.88. The van der Waals surface area contributed by atoms with Crippen molar-refractivity contribution in [2.24, 2.45) is 0 Å². The molecule has 11 heavy (non-hydrogen) atoms. The van der Waals surface area contributed by atoms with Gasteiger partial charge in [-0.2, -0.15) is 0 Å². The normalized spacial score (nSPS) is 8.64. The largest absolute Gasteiger partial charge is 3.00 e. The predicted octanol–water partition coefficient (Wildman–Crippen LogP) is -0.515. The van der Waals surface area contributed by atoms with Gasteiger partial charge in [0.2, 0.25) is 0 Å². The second-order valence-electron chi connectivity index (χ2n) is 1.72. The van der Waals surface area contributed by atoms with Crippen molar-refractivity contribution >= 4 is 29.2 Å². The van der Waals surface area contributed by atoms with Crippen molar-refractivity contribution in [2.45, 2.75) is 0 Å². The molecule has 0 aromatic heterocycles. The Morgan fingerprint density at radius 2 is 1.64 bits per heavy atom. The minimum atomic E-state index is 0. The Kier molecular flexibility index (Phi) is 11.3. The van der Waals surface area contributed by atoms with Gasteiger partial charge in [-0.05, 0) is 0 Å². The molecular formula is C5H11FeNO2S2+3. The van der Waals surface area contributed by atoms with Crippen molar-refractivity contribution in [1.82, 2.24) is 4.90 Å². The van der Waals surface area contributed by atoms with Crippen molar-refractivity contribution in [3.63, 3.8) is 0 Å². The quantitative estimate of drug-likeness (QED) is 0.350. The van der Waals surface area contributed by atoms with Crippen molar-refractivity contribution in [1.29, 1.82) is 0 Å². The first kappa shape index (κ1) is 14.2. The number of aliphatic hydroxyl groups excluding tert-OH is 2. The van der Waals surface area contributed by atoms with Gasteiger partial charge < -0.3 is 15.1 Å². The molecule has 0 fully saturated rings. The van der Waals surface area contributed by atoms with Crippen LogP contribution in [0.2, 0.25) is 0 Å². The van der Waals surface area contributed by atoms with Crippen LogP contribution >= 0.6 is 24.8 Å². The Balaban J connectivity index is 0. The summed E-state index contributed by atoms with van der Waals surface area (Å²) < 4.78 is 0.406. The first-order valence-corrected chi connectivity index (χ1v) is 3.77. The molecule has 0 saturated heterocycles. The van der Waals surface area contributed by atoms with E-state index in [-0.39, 0.29) is 30.3 Å². The number of thiol groups is 1. The molecule has 0 aliphatic carbocycles. The number of rotatable bonds is 4. The fraction of sp³-hybridized carbons (Fsp3) is 0.800. The fourth-order valence-corrected chi connectivity index (χ4v) is 0.927. The van der Waals surface area contributed by atoms with E-state index in [9.17, 15) is 0 Å². The fourth-order valence-electron chi connectivity index (χ4n) is 0.545. The third-order valence-corrected chi connectivity index (χ3v) is 1.55. The number of nitrogens with zero attached hydrogens (tertiary/aromatic N) is 1. The van der Waals surface area contributed by atoms with Crippen molar-refractivity contribution < 1.29 is 27.3 Å². The summed E-state index contributed by atoms with van der Waals surface area (Å²) in [6.07, 6.45) is 0. The van der Waals surface area contributed by atoms with Crippen LogP contribution in [0.3, 0.4) is 0 Å². The van der Waals surface area contributed by atoms with Gasteiger partial charge in [-0.3, -0.25) is 0 Å². The molecule has 0 unspecified atom stereocenters. The topological polar surface area (TPSA) is 43.7 Å². The Morgan fingerprint density at radius 1 is 1.27 bits per heavy atom. The first-order valence-electron chi connectivity index (χ1n) is 2.92. The Morgan fingerprint density at radius 3 is 1.82 bits per heavy atom. The van der Waals surface area contributed by atoms with Gasteiger partial charge in [0.15, 0.2) is 0 Å². The van der Waals surface area contributed by atoms with Crippen LogP contribution in [0, 0.1) is 0 Å². The van der Waals surface area contributed by atoms with Gasteiger partial charge in [0.1, 0.15) is 4.32 Å². The van der Waals surface area contributed by atoms with E-state index in [0.29, 0.717) is 17.4 Å². The van der Waals surface area contributed by atoms with Crippen LogP contribution in [-0.2, 0) is 17.1 Å². The molecule has 0 aromatic rings. The average Bonchev–Trinajstić information content (AvgIpc) is 1.87. The molecule has 0 bridgehead atoms. The van der Waals surface area contributed by atoms with E-state index in [0.717, 1.165) is 0 Å². The third-order valence-electron chi connectivity index (χ3n) is 1.01. The summed E-state index contributed by atoms with van der Waals surface area (Å²) >= 11 is 8.61. The van der Waals surface area contributed by atoms with Crippen LogP contribution in [0.5, 0.6) is 0 Å². The molecule has 0 aromatic carbocycles. The molecule has 0 amide bonds. The SMILES string of the molecule is OCCN(CCO)C(=S)S.[Fe+3]. The van der Waals surface area contributed by atoms with Gasteiger partial charge >= 0.3 is 17.1 Å². The summed E-state index contributed by atoms with van der Waals surface area (Å²) in [5.41, 5.74) is 0. The molecule has 6 heteroatoms. The Hall–Kier alpha value is 0.679. The third kappa shape index (κ3) is 7.05. The molecule has 65 valence electrons. The maximum Gasteiger partial charge on any atom is 3.00 e. The standard InChI is InChI=1S/C5H11NO2S2.Fe/c7-3-1-6(2-4-8)5(9)10;/h7-8H,1-4H2,(H,9,10);/q;+3. The second kappa shape index (κ2) is 8.77. The van der Waals surface area contributed by atoms with Crippen LogP contribution < -0.4 is 0 Å². The second-order valence-corrected chi connectivity index (χ2v) is 2.83. The molecule has 0 rings (SSSR count). The minimum absolute atomic E-state index is 0. The van der Waals surface area contributed by atoms with E-state index in [2.05, 4.69) is 12.6 Å². The minimum Gasteiger partial charge on any atom is -0.395 e. The monoisotopic (exact) mass is 237 g/mol. The molecule has 0 saturated carbocycles. The van der Waals surface area contributed by atoms with E-state index in [1.807, 2.05) is 0 Å². The van der Waals surface area contributed by atoms with E-state index in [1.165, 1.54) is 0 Å². The van der Waals surface area contributed by atoms with E-state index < -0.39 is 0 Å². The Bertz CT molecular complexity index is 109. The van der Waals surface area contributed by atoms with Gasteiger partial charge in [-0.25, -0.2) is 0 Å². The van der Waals surface area contributed by atoms with Gasteiger partial charge in [0, 0.05) is 13.1 Å². The zero-order chi connectivity index (χ0) is 7.98. The molecule has 0 aliphatic rings. The summed E-state index contributed by atoms with van der Waals surface area (Å²) in [7, 11) is 0. The number of thiocarbonyl (C=S) groups is 1. The van der Waals surface area contributed by atoms with Crippen molar-refractivity contribution in [2.75, 3.05) is 26.3 Å². The summed E-state index contributed by atoms with van der Waals surface area (Å²) in [4.78, 5) is 1.62. The smallest absolute Gasteiger partial charge is 0.395 e. The van der Waals surface area contributed by atoms with E-state index in [1.54, 1.807) is 4.90 Å². The van der Waals surface area contributed by atoms with Crippen LogP contribution in [0.15, 0.2) is 0 Å². The van der Waals surface area contributed by atoms with Crippen LogP contribution in [-0.4, -0.2) is 45.7 Å². The number of hydrogen-bond acceptors (Lipinski definition) is 3. The van der Waals surface area contributed by atoms with Crippen molar-refractivity contribution in [3.05, 3.63) is 0 Å². The van der Waals surface area contributed by atoms with Crippen LogP contribution in [0.25, 0.3) is 0 Å². The molecular weight excluding hydrogens is 226 g/mol. The molecule has 0 spiro atoms. The molecule has 3 nitrogen and oxygen atoms in total. The summed E-state index contributed by atoms with van der Waals surface area (Å²) in [5, 5.41) is 17.0. The zero-order valence-corrected chi connectivity index (χ0v) is 8.69. The van der Waals surface area contributed by atoms with Gasteiger partial charge in [0.25, 0.3) is 0 Å². The summed E-state index contributed by atoms with van der Waals surface area (Å²) in [5.74, 6) is 0.